The molecule has 104 valence electrons. The van der Waals surface area contributed by atoms with Gasteiger partial charge in [0.1, 0.15) is 11.9 Å². The van der Waals surface area contributed by atoms with E-state index in [1.807, 2.05) is 20.8 Å². The fraction of sp³-hybridized carbons (Fsp3) is 0.583. The summed E-state index contributed by atoms with van der Waals surface area (Å²) in [7, 11) is 0. The van der Waals surface area contributed by atoms with Crippen molar-refractivity contribution < 1.29 is 9.52 Å². The van der Waals surface area contributed by atoms with E-state index < -0.39 is 6.10 Å². The van der Waals surface area contributed by atoms with Gasteiger partial charge in [-0.05, 0) is 32.9 Å². The molecule has 3 N–H and O–H groups in total. The molecule has 1 aromatic heterocycles. The molecule has 0 radical (unpaired) electrons. The molecular weight excluding hydrogens is 345 g/mol. The number of furan rings is 1. The molecule has 0 aliphatic rings. The highest BCUT2D eigenvalue weighted by atomic mass is 127. The molecular formula is C12H22IN3O2. The Kier molecular flexibility index (Phi) is 8.82. The molecule has 0 aromatic carbocycles. The van der Waals surface area contributed by atoms with Crippen LogP contribution in [0.25, 0.3) is 0 Å². The fourth-order valence-electron chi connectivity index (χ4n) is 1.34. The van der Waals surface area contributed by atoms with Gasteiger partial charge in [-0.15, -0.1) is 24.0 Å². The van der Waals surface area contributed by atoms with Crippen molar-refractivity contribution in [3.05, 3.63) is 24.2 Å². The van der Waals surface area contributed by atoms with Gasteiger partial charge < -0.3 is 20.2 Å². The molecule has 0 spiro atoms. The number of nitrogens with zero attached hydrogens (tertiary/aromatic N) is 1. The number of hydrogen-bond donors (Lipinski definition) is 3. The van der Waals surface area contributed by atoms with Crippen LogP contribution in [0.4, 0.5) is 0 Å². The van der Waals surface area contributed by atoms with Crippen LogP contribution in [-0.2, 0) is 0 Å². The zero-order chi connectivity index (χ0) is 12.7. The minimum atomic E-state index is -0.701. The standard InChI is InChI=1S/C12H21N3O2.HI/c1-4-13-12(15-9(2)3)14-8-10(16)11-6-5-7-17-11;/h5-7,9-10,16H,4,8H2,1-3H3,(H2,13,14,15);1H. The largest absolute Gasteiger partial charge is 0.467 e. The number of rotatable bonds is 5. The third-order valence-corrected chi connectivity index (χ3v) is 2.06. The first kappa shape index (κ1) is 17.2. The molecule has 0 amide bonds. The van der Waals surface area contributed by atoms with Crippen LogP contribution in [-0.4, -0.2) is 30.2 Å². The summed E-state index contributed by atoms with van der Waals surface area (Å²) in [6.45, 7) is 7.14. The van der Waals surface area contributed by atoms with E-state index in [1.54, 1.807) is 18.4 Å². The first-order chi connectivity index (χ1) is 8.13. The summed E-state index contributed by atoms with van der Waals surface area (Å²) in [6, 6.07) is 3.79. The van der Waals surface area contributed by atoms with Gasteiger partial charge >= 0.3 is 0 Å². The monoisotopic (exact) mass is 367 g/mol. The van der Waals surface area contributed by atoms with Crippen molar-refractivity contribution in [2.75, 3.05) is 13.1 Å². The minimum absolute atomic E-state index is 0. The second kappa shape index (κ2) is 9.21. The Morgan fingerprint density at radius 2 is 2.22 bits per heavy atom. The Bertz CT molecular complexity index is 339. The summed E-state index contributed by atoms with van der Waals surface area (Å²) in [4.78, 5) is 4.29. The van der Waals surface area contributed by atoms with Gasteiger partial charge in [-0.3, -0.25) is 4.99 Å². The lowest BCUT2D eigenvalue weighted by Gasteiger charge is -2.14. The summed E-state index contributed by atoms with van der Waals surface area (Å²) in [5.74, 6) is 1.24. The van der Waals surface area contributed by atoms with Crippen LogP contribution in [0, 0.1) is 0 Å². The molecule has 0 aliphatic heterocycles. The van der Waals surface area contributed by atoms with E-state index in [9.17, 15) is 5.11 Å². The van der Waals surface area contributed by atoms with Gasteiger partial charge in [0.2, 0.25) is 0 Å². The molecule has 0 bridgehead atoms. The summed E-state index contributed by atoms with van der Waals surface area (Å²) in [6.07, 6.45) is 0.840. The van der Waals surface area contributed by atoms with E-state index in [4.69, 9.17) is 4.42 Å². The van der Waals surface area contributed by atoms with E-state index in [2.05, 4.69) is 15.6 Å². The molecule has 0 saturated carbocycles. The van der Waals surface area contributed by atoms with Crippen LogP contribution in [0.15, 0.2) is 27.8 Å². The van der Waals surface area contributed by atoms with E-state index in [-0.39, 0.29) is 30.5 Å². The number of aliphatic hydroxyl groups is 1. The molecule has 0 fully saturated rings. The smallest absolute Gasteiger partial charge is 0.191 e. The van der Waals surface area contributed by atoms with Crippen LogP contribution in [0.1, 0.15) is 32.6 Å². The Morgan fingerprint density at radius 1 is 1.50 bits per heavy atom. The normalized spacial score (nSPS) is 13.1. The van der Waals surface area contributed by atoms with Crippen LogP contribution in [0.2, 0.25) is 0 Å². The third kappa shape index (κ3) is 6.25. The van der Waals surface area contributed by atoms with Crippen molar-refractivity contribution in [1.82, 2.24) is 10.6 Å². The highest BCUT2D eigenvalue weighted by molar-refractivity contribution is 14.0. The van der Waals surface area contributed by atoms with Gasteiger partial charge in [-0.2, -0.15) is 0 Å². The van der Waals surface area contributed by atoms with Crippen molar-refractivity contribution in [3.8, 4) is 0 Å². The zero-order valence-electron chi connectivity index (χ0n) is 11.0. The van der Waals surface area contributed by atoms with Gasteiger partial charge in [-0.1, -0.05) is 0 Å². The van der Waals surface area contributed by atoms with Crippen molar-refractivity contribution >= 4 is 29.9 Å². The maximum atomic E-state index is 9.80. The quantitative estimate of drug-likeness (QED) is 0.422. The molecule has 18 heavy (non-hydrogen) atoms. The lowest BCUT2D eigenvalue weighted by atomic mass is 10.3. The lowest BCUT2D eigenvalue weighted by molar-refractivity contribution is 0.158. The molecule has 1 atom stereocenters. The van der Waals surface area contributed by atoms with Gasteiger partial charge in [0, 0.05) is 12.6 Å². The highest BCUT2D eigenvalue weighted by Crippen LogP contribution is 2.12. The average molecular weight is 367 g/mol. The van der Waals surface area contributed by atoms with E-state index in [1.165, 1.54) is 0 Å². The summed E-state index contributed by atoms with van der Waals surface area (Å²) >= 11 is 0. The van der Waals surface area contributed by atoms with E-state index >= 15 is 0 Å². The van der Waals surface area contributed by atoms with E-state index in [0.29, 0.717) is 17.8 Å². The average Bonchev–Trinajstić information content (AvgIpc) is 2.78. The van der Waals surface area contributed by atoms with Gasteiger partial charge in [0.05, 0.1) is 12.8 Å². The number of aliphatic hydroxyl groups excluding tert-OH is 1. The highest BCUT2D eigenvalue weighted by Gasteiger charge is 2.10. The maximum Gasteiger partial charge on any atom is 0.191 e. The Labute approximate surface area is 125 Å². The van der Waals surface area contributed by atoms with Crippen LogP contribution >= 0.6 is 24.0 Å². The van der Waals surface area contributed by atoms with Crippen LogP contribution < -0.4 is 10.6 Å². The maximum absolute atomic E-state index is 9.80. The Morgan fingerprint density at radius 3 is 2.72 bits per heavy atom. The topological polar surface area (TPSA) is 69.8 Å². The zero-order valence-corrected chi connectivity index (χ0v) is 13.3. The number of guanidine groups is 1. The molecule has 1 rings (SSSR count). The summed E-state index contributed by atoms with van der Waals surface area (Å²) in [5, 5.41) is 16.1. The van der Waals surface area contributed by atoms with Gasteiger partial charge in [0.15, 0.2) is 5.96 Å². The van der Waals surface area contributed by atoms with Gasteiger partial charge in [0.25, 0.3) is 0 Å². The molecule has 0 aliphatic carbocycles. The van der Waals surface area contributed by atoms with Gasteiger partial charge in [-0.25, -0.2) is 0 Å². The predicted molar refractivity (Wildman–Crippen MR) is 83.3 cm³/mol. The van der Waals surface area contributed by atoms with Crippen molar-refractivity contribution in [1.29, 1.82) is 0 Å². The third-order valence-electron chi connectivity index (χ3n) is 2.06. The minimum Gasteiger partial charge on any atom is -0.467 e. The summed E-state index contributed by atoms with van der Waals surface area (Å²) in [5.41, 5.74) is 0. The van der Waals surface area contributed by atoms with Crippen LogP contribution in [0.3, 0.4) is 0 Å². The molecule has 1 unspecified atom stereocenters. The number of aliphatic imine (C=N–C) groups is 1. The molecule has 1 heterocycles. The number of hydrogen-bond acceptors (Lipinski definition) is 3. The van der Waals surface area contributed by atoms with Crippen molar-refractivity contribution in [2.24, 2.45) is 4.99 Å². The van der Waals surface area contributed by atoms with Crippen molar-refractivity contribution in [2.45, 2.75) is 32.9 Å². The molecule has 6 heteroatoms. The SMILES string of the molecule is CCNC(=NCC(O)c1ccco1)NC(C)C.I. The Hall–Kier alpha value is -0.760. The van der Waals surface area contributed by atoms with E-state index in [0.717, 1.165) is 6.54 Å². The first-order valence-electron chi connectivity index (χ1n) is 5.89. The Balaban J connectivity index is 0.00000289. The molecule has 0 saturated heterocycles. The molecule has 5 nitrogen and oxygen atoms in total. The first-order valence-corrected chi connectivity index (χ1v) is 5.89. The molecule has 1 aromatic rings. The number of nitrogens with one attached hydrogen (secondary N) is 2. The lowest BCUT2D eigenvalue weighted by Crippen LogP contribution is -2.41. The fourth-order valence-corrected chi connectivity index (χ4v) is 1.34. The second-order valence-electron chi connectivity index (χ2n) is 4.05. The predicted octanol–water partition coefficient (Wildman–Crippen LogP) is 1.89. The van der Waals surface area contributed by atoms with Crippen LogP contribution in [0.5, 0.6) is 0 Å². The summed E-state index contributed by atoms with van der Waals surface area (Å²) < 4.78 is 5.11. The number of halogens is 1. The van der Waals surface area contributed by atoms with Crippen molar-refractivity contribution in [3.63, 3.8) is 0 Å². The second-order valence-corrected chi connectivity index (χ2v) is 4.05.